The molecule has 0 atom stereocenters. The predicted molar refractivity (Wildman–Crippen MR) is 35.5 cm³/mol. The van der Waals surface area contributed by atoms with Crippen LogP contribution in [-0.2, 0) is 0 Å². The molecule has 9 heavy (non-hydrogen) atoms. The van der Waals surface area contributed by atoms with Crippen LogP contribution in [0.3, 0.4) is 0 Å². The minimum Gasteiger partial charge on any atom is -0.368 e. The average Bonchev–Trinajstić information content (AvgIpc) is 1.19. The molecule has 0 saturated heterocycles. The Morgan fingerprint density at radius 3 is 1.11 bits per heavy atom. The molecule has 0 aromatic rings. The highest BCUT2D eigenvalue weighted by Crippen LogP contribution is 1.98. The van der Waals surface area contributed by atoms with Gasteiger partial charge in [0.05, 0.1) is 4.49 Å². The first-order valence-electron chi connectivity index (χ1n) is 1.63. The maximum atomic E-state index is 7.33. The van der Waals surface area contributed by atoms with E-state index in [4.69, 9.17) is 42.4 Å². The van der Waals surface area contributed by atoms with E-state index in [-0.39, 0.29) is 4.49 Å². The predicted octanol–water partition coefficient (Wildman–Crippen LogP) is -0.674. The van der Waals surface area contributed by atoms with Gasteiger partial charge in [-0.05, 0) is 0 Å². The lowest BCUT2D eigenvalue weighted by Crippen LogP contribution is -2.33. The van der Waals surface area contributed by atoms with E-state index in [9.17, 15) is 0 Å². The largest absolute Gasteiger partial charge is 0.668 e. The third-order valence-corrected chi connectivity index (χ3v) is 0. The van der Waals surface area contributed by atoms with Crippen molar-refractivity contribution >= 4 is 32.2 Å². The van der Waals surface area contributed by atoms with Gasteiger partial charge in [-0.2, -0.15) is 0 Å². The van der Waals surface area contributed by atoms with Gasteiger partial charge in [0.25, 0.3) is 0 Å². The summed E-state index contributed by atoms with van der Waals surface area (Å²) in [5.74, 6) is 0. The van der Waals surface area contributed by atoms with Crippen molar-refractivity contribution in [2.45, 2.75) is 0 Å². The van der Waals surface area contributed by atoms with Crippen LogP contribution in [0.5, 0.6) is 0 Å². The summed E-state index contributed by atoms with van der Waals surface area (Å²) in [7, 11) is -4.61. The Kier molecular flexibility index (Phi) is 6.97. The van der Waals surface area contributed by atoms with E-state index in [2.05, 4.69) is 6.58 Å². The maximum absolute atomic E-state index is 7.33. The molecule has 0 heterocycles. The van der Waals surface area contributed by atoms with E-state index in [0.717, 1.165) is 0 Å². The van der Waals surface area contributed by atoms with Gasteiger partial charge in [0, 0.05) is 0 Å². The molecule has 4 nitrogen and oxygen atoms in total. The van der Waals surface area contributed by atoms with Crippen LogP contribution in [0.2, 0.25) is 0 Å². The highest BCUT2D eigenvalue weighted by atomic mass is 35.5. The first-order valence-corrected chi connectivity index (χ1v) is 4.17. The van der Waals surface area contributed by atoms with Gasteiger partial charge in [-0.15, -0.1) is 0 Å². The highest BCUT2D eigenvalue weighted by molar-refractivity contribution is 6.55. The fraction of sp³-hybridized carbons (Fsp3) is 0. The molecule has 0 saturated carbocycles. The van der Waals surface area contributed by atoms with Gasteiger partial charge in [0.1, 0.15) is 0 Å². The molecule has 0 rings (SSSR count). The van der Waals surface area contributed by atoms with Crippen molar-refractivity contribution in [1.82, 2.24) is 0 Å². The quantitative estimate of drug-likeness (QED) is 0.384. The minimum absolute atomic E-state index is 0.111. The van der Waals surface area contributed by atoms with E-state index < -0.39 is 9.05 Å². The zero-order valence-corrected chi connectivity index (χ0v) is 6.76. The maximum Gasteiger partial charge on any atom is 0.668 e. The number of hydrogen-bond donors (Lipinski definition) is 4. The lowest BCUT2D eigenvalue weighted by Gasteiger charge is -1.91. The van der Waals surface area contributed by atoms with Crippen molar-refractivity contribution in [3.63, 3.8) is 0 Å². The lowest BCUT2D eigenvalue weighted by atomic mass is 11.3. The third kappa shape index (κ3) is 2400. The second-order valence-corrected chi connectivity index (χ2v) is 3.24. The Labute approximate surface area is 63.1 Å². The van der Waals surface area contributed by atoms with Crippen LogP contribution in [0.1, 0.15) is 0 Å². The van der Waals surface area contributed by atoms with Crippen LogP contribution in [0, 0.1) is 0 Å². The van der Waals surface area contributed by atoms with Gasteiger partial charge in [-0.3, -0.25) is 0 Å². The Bertz CT molecular complexity index is 79.1. The van der Waals surface area contributed by atoms with Gasteiger partial charge >= 0.3 is 9.05 Å². The molecule has 56 valence electrons. The standard InChI is InChI=1S/C2H2Cl2.H4O4Si/c1-2(3)4;1-5(2,3)4/h1H2;1-4H. The molecule has 0 aliphatic rings. The molecule has 0 unspecified atom stereocenters. The number of rotatable bonds is 0. The summed E-state index contributed by atoms with van der Waals surface area (Å²) >= 11 is 9.69. The average molecular weight is 193 g/mol. The summed E-state index contributed by atoms with van der Waals surface area (Å²) < 4.78 is 0.111. The Balaban J connectivity index is 0. The summed E-state index contributed by atoms with van der Waals surface area (Å²) in [4.78, 5) is 29.3. The Morgan fingerprint density at radius 1 is 1.11 bits per heavy atom. The molecule has 0 bridgehead atoms. The smallest absolute Gasteiger partial charge is 0.368 e. The van der Waals surface area contributed by atoms with Crippen LogP contribution in [0.4, 0.5) is 0 Å². The van der Waals surface area contributed by atoms with E-state index in [0.29, 0.717) is 0 Å². The Morgan fingerprint density at radius 2 is 1.11 bits per heavy atom. The molecule has 0 amide bonds. The molecule has 7 heteroatoms. The molecular weight excluding hydrogens is 187 g/mol. The first kappa shape index (κ1) is 12.1. The summed E-state index contributed by atoms with van der Waals surface area (Å²) in [6.07, 6.45) is 0. The zero-order valence-electron chi connectivity index (χ0n) is 4.25. The molecule has 0 aromatic heterocycles. The summed E-state index contributed by atoms with van der Waals surface area (Å²) in [6, 6.07) is 0. The van der Waals surface area contributed by atoms with Gasteiger partial charge in [-0.25, -0.2) is 0 Å². The summed E-state index contributed by atoms with van der Waals surface area (Å²) in [6.45, 7) is 3.09. The molecule has 0 spiro atoms. The second-order valence-electron chi connectivity index (χ2n) is 0.939. The van der Waals surface area contributed by atoms with Crippen LogP contribution in [0.15, 0.2) is 11.1 Å². The lowest BCUT2D eigenvalue weighted by molar-refractivity contribution is 0.117. The second kappa shape index (κ2) is 5.18. The van der Waals surface area contributed by atoms with Crippen molar-refractivity contribution in [3.05, 3.63) is 11.1 Å². The normalized spacial score (nSPS) is 9.56. The van der Waals surface area contributed by atoms with E-state index in [1.807, 2.05) is 0 Å². The fourth-order valence-corrected chi connectivity index (χ4v) is 0. The van der Waals surface area contributed by atoms with Crippen LogP contribution in [0.25, 0.3) is 0 Å². The molecule has 0 aliphatic heterocycles. The molecule has 0 aromatic carbocycles. The van der Waals surface area contributed by atoms with Crippen LogP contribution < -0.4 is 0 Å². The van der Waals surface area contributed by atoms with Crippen LogP contribution >= 0.6 is 23.2 Å². The van der Waals surface area contributed by atoms with Crippen molar-refractivity contribution in [1.29, 1.82) is 0 Å². The molecule has 0 fully saturated rings. The monoisotopic (exact) mass is 192 g/mol. The topological polar surface area (TPSA) is 80.9 Å². The van der Waals surface area contributed by atoms with Crippen molar-refractivity contribution < 1.29 is 19.2 Å². The SMILES string of the molecule is C=C(Cl)Cl.O[Si](O)(O)O. The van der Waals surface area contributed by atoms with E-state index >= 15 is 0 Å². The Hall–Kier alpha value is 0.377. The highest BCUT2D eigenvalue weighted by Gasteiger charge is 2.22. The third-order valence-electron chi connectivity index (χ3n) is 0. The van der Waals surface area contributed by atoms with Gasteiger partial charge in [-0.1, -0.05) is 29.8 Å². The van der Waals surface area contributed by atoms with Crippen molar-refractivity contribution in [2.75, 3.05) is 0 Å². The minimum atomic E-state index is -4.61. The number of halogens is 2. The summed E-state index contributed by atoms with van der Waals surface area (Å²) in [5, 5.41) is 0. The molecule has 0 aliphatic carbocycles. The van der Waals surface area contributed by atoms with Gasteiger partial charge < -0.3 is 19.2 Å². The van der Waals surface area contributed by atoms with Gasteiger partial charge in [0.2, 0.25) is 0 Å². The molecule has 0 radical (unpaired) electrons. The van der Waals surface area contributed by atoms with E-state index in [1.165, 1.54) is 0 Å². The van der Waals surface area contributed by atoms with Crippen molar-refractivity contribution in [2.24, 2.45) is 0 Å². The zero-order chi connectivity index (χ0) is 8.08. The first-order chi connectivity index (χ1) is 3.73. The molecule has 4 N–H and O–H groups in total. The summed E-state index contributed by atoms with van der Waals surface area (Å²) in [5.41, 5.74) is 0. The van der Waals surface area contributed by atoms with E-state index in [1.54, 1.807) is 0 Å². The van der Waals surface area contributed by atoms with Gasteiger partial charge in [0.15, 0.2) is 0 Å². The fourth-order valence-electron chi connectivity index (χ4n) is 0. The van der Waals surface area contributed by atoms with Crippen molar-refractivity contribution in [3.8, 4) is 0 Å². The number of hydrogen-bond acceptors (Lipinski definition) is 4. The van der Waals surface area contributed by atoms with Crippen LogP contribution in [-0.4, -0.2) is 28.2 Å². The molecular formula is C2H6Cl2O4Si.